The molecule has 1 N–H and O–H groups in total. The van der Waals surface area contributed by atoms with Crippen molar-refractivity contribution in [2.75, 3.05) is 5.32 Å². The zero-order valence-electron chi connectivity index (χ0n) is 10.5. The molecule has 0 fully saturated rings. The number of benzene rings is 1. The molecule has 5 heteroatoms. The van der Waals surface area contributed by atoms with E-state index in [4.69, 9.17) is 11.6 Å². The number of nitrogens with zero attached hydrogens (tertiary/aromatic N) is 3. The number of aromatic nitrogens is 3. The normalized spacial score (nSPS) is 10.8. The van der Waals surface area contributed by atoms with E-state index in [1.165, 1.54) is 0 Å². The molecule has 0 amide bonds. The summed E-state index contributed by atoms with van der Waals surface area (Å²) in [6.45, 7) is 0.601. The van der Waals surface area contributed by atoms with E-state index in [0.717, 1.165) is 22.5 Å². The molecule has 4 nitrogen and oxygen atoms in total. The molecule has 3 rings (SSSR count). The van der Waals surface area contributed by atoms with Crippen molar-refractivity contribution in [1.82, 2.24) is 14.5 Å². The van der Waals surface area contributed by atoms with Crippen molar-refractivity contribution >= 4 is 28.6 Å². The van der Waals surface area contributed by atoms with Crippen LogP contribution in [0, 0.1) is 0 Å². The predicted molar refractivity (Wildman–Crippen MR) is 77.3 cm³/mol. The van der Waals surface area contributed by atoms with Gasteiger partial charge in [-0.15, -0.1) is 0 Å². The average Bonchev–Trinajstić information content (AvgIpc) is 2.75. The lowest BCUT2D eigenvalue weighted by Crippen LogP contribution is -2.05. The third-order valence-electron chi connectivity index (χ3n) is 3.06. The first-order valence-corrected chi connectivity index (χ1v) is 6.38. The van der Waals surface area contributed by atoms with Crippen molar-refractivity contribution in [2.45, 2.75) is 6.54 Å². The highest BCUT2D eigenvalue weighted by molar-refractivity contribution is 6.30. The summed E-state index contributed by atoms with van der Waals surface area (Å²) >= 11 is 6.03. The van der Waals surface area contributed by atoms with E-state index >= 15 is 0 Å². The van der Waals surface area contributed by atoms with Crippen molar-refractivity contribution in [1.29, 1.82) is 0 Å². The zero-order valence-corrected chi connectivity index (χ0v) is 11.2. The molecular formula is C14H13ClN4. The van der Waals surface area contributed by atoms with Crippen LogP contribution in [0.5, 0.6) is 0 Å². The lowest BCUT2D eigenvalue weighted by Gasteiger charge is -2.07. The Morgan fingerprint density at radius 3 is 2.84 bits per heavy atom. The number of anilines is 1. The highest BCUT2D eigenvalue weighted by Crippen LogP contribution is 2.19. The largest absolute Gasteiger partial charge is 0.351 e. The number of halogens is 1. The topological polar surface area (TPSA) is 42.7 Å². The first kappa shape index (κ1) is 12.0. The number of pyridine rings is 1. The van der Waals surface area contributed by atoms with Crippen LogP contribution in [0.4, 0.5) is 5.95 Å². The second-order valence-corrected chi connectivity index (χ2v) is 4.65. The molecule has 96 valence electrons. The third kappa shape index (κ3) is 2.27. The first-order valence-electron chi connectivity index (χ1n) is 6.00. The minimum absolute atomic E-state index is 0.522. The summed E-state index contributed by atoms with van der Waals surface area (Å²) in [5, 5.41) is 3.81. The minimum atomic E-state index is 0.522. The Morgan fingerprint density at radius 2 is 2.05 bits per heavy atom. The summed E-state index contributed by atoms with van der Waals surface area (Å²) < 4.78 is 2.03. The summed E-state index contributed by atoms with van der Waals surface area (Å²) in [5.74, 6) is 0.820. The average molecular weight is 273 g/mol. The van der Waals surface area contributed by atoms with Gasteiger partial charge in [-0.3, -0.25) is 0 Å². The molecule has 1 aromatic carbocycles. The van der Waals surface area contributed by atoms with Gasteiger partial charge in [0.25, 0.3) is 0 Å². The lowest BCUT2D eigenvalue weighted by atomic mass is 10.3. The van der Waals surface area contributed by atoms with Crippen LogP contribution in [0.15, 0.2) is 42.6 Å². The van der Waals surface area contributed by atoms with Crippen molar-refractivity contribution in [3.8, 4) is 0 Å². The maximum absolute atomic E-state index is 6.03. The molecule has 2 heterocycles. The first-order chi connectivity index (χ1) is 9.25. The van der Waals surface area contributed by atoms with Crippen molar-refractivity contribution in [3.63, 3.8) is 0 Å². The number of rotatable bonds is 3. The van der Waals surface area contributed by atoms with Gasteiger partial charge in [0.05, 0.1) is 11.0 Å². The molecule has 0 bridgehead atoms. The van der Waals surface area contributed by atoms with Crippen LogP contribution < -0.4 is 5.32 Å². The van der Waals surface area contributed by atoms with Gasteiger partial charge in [0.1, 0.15) is 5.15 Å². The lowest BCUT2D eigenvalue weighted by molar-refractivity contribution is 0.926. The zero-order chi connectivity index (χ0) is 13.2. The Labute approximate surface area is 116 Å². The summed E-state index contributed by atoms with van der Waals surface area (Å²) in [6, 6.07) is 11.9. The molecule has 2 aromatic heterocycles. The van der Waals surface area contributed by atoms with Gasteiger partial charge in [-0.25, -0.2) is 9.97 Å². The highest BCUT2D eigenvalue weighted by atomic mass is 35.5. The molecule has 0 atom stereocenters. The van der Waals surface area contributed by atoms with Crippen LogP contribution in [-0.2, 0) is 13.6 Å². The molecule has 19 heavy (non-hydrogen) atoms. The molecule has 0 aliphatic heterocycles. The Hall–Kier alpha value is -2.07. The van der Waals surface area contributed by atoms with Crippen molar-refractivity contribution in [3.05, 3.63) is 53.3 Å². The Balaban J connectivity index is 1.86. The predicted octanol–water partition coefficient (Wildman–Crippen LogP) is 3.23. The molecule has 0 aliphatic carbocycles. The standard InChI is InChI=1S/C14H13ClN4/c1-19-12-7-3-2-6-11(12)18-14(19)17-9-10-5-4-8-16-13(10)15/h2-8H,9H2,1H3,(H,17,18). The van der Waals surface area contributed by atoms with Crippen LogP contribution in [0.25, 0.3) is 11.0 Å². The van der Waals surface area contributed by atoms with Gasteiger partial charge in [0.2, 0.25) is 5.95 Å². The fourth-order valence-electron chi connectivity index (χ4n) is 2.03. The number of nitrogens with one attached hydrogen (secondary N) is 1. The molecule has 0 unspecified atom stereocenters. The number of imidazole rings is 1. The third-order valence-corrected chi connectivity index (χ3v) is 3.40. The second-order valence-electron chi connectivity index (χ2n) is 4.29. The number of fused-ring (bicyclic) bond motifs is 1. The van der Waals surface area contributed by atoms with E-state index in [1.807, 2.05) is 48.0 Å². The van der Waals surface area contributed by atoms with E-state index in [9.17, 15) is 0 Å². The summed E-state index contributed by atoms with van der Waals surface area (Å²) in [6.07, 6.45) is 1.68. The molecule has 0 aliphatic rings. The fraction of sp³-hybridized carbons (Fsp3) is 0.143. The monoisotopic (exact) mass is 272 g/mol. The van der Waals surface area contributed by atoms with Gasteiger partial charge in [-0.05, 0) is 18.2 Å². The van der Waals surface area contributed by atoms with E-state index in [1.54, 1.807) is 6.20 Å². The fourth-order valence-corrected chi connectivity index (χ4v) is 2.22. The van der Waals surface area contributed by atoms with E-state index in [-0.39, 0.29) is 0 Å². The molecule has 0 radical (unpaired) electrons. The number of hydrogen-bond acceptors (Lipinski definition) is 3. The molecule has 0 saturated heterocycles. The van der Waals surface area contributed by atoms with Crippen molar-refractivity contribution in [2.24, 2.45) is 7.05 Å². The Morgan fingerprint density at radius 1 is 1.21 bits per heavy atom. The maximum Gasteiger partial charge on any atom is 0.203 e. The molecule has 0 saturated carbocycles. The Bertz CT molecular complexity index is 720. The van der Waals surface area contributed by atoms with Crippen LogP contribution in [0.2, 0.25) is 5.15 Å². The number of aryl methyl sites for hydroxylation is 1. The highest BCUT2D eigenvalue weighted by Gasteiger charge is 2.07. The molecule has 3 aromatic rings. The number of hydrogen-bond donors (Lipinski definition) is 1. The smallest absolute Gasteiger partial charge is 0.203 e. The Kier molecular flexibility index (Phi) is 3.09. The van der Waals surface area contributed by atoms with Crippen molar-refractivity contribution < 1.29 is 0 Å². The SMILES string of the molecule is Cn1c(NCc2cccnc2Cl)nc2ccccc21. The summed E-state index contributed by atoms with van der Waals surface area (Å²) in [4.78, 5) is 8.60. The second kappa shape index (κ2) is 4.90. The van der Waals surface area contributed by atoms with E-state index in [2.05, 4.69) is 15.3 Å². The van der Waals surface area contributed by atoms with Crippen LogP contribution in [0.1, 0.15) is 5.56 Å². The van der Waals surface area contributed by atoms with Crippen LogP contribution in [-0.4, -0.2) is 14.5 Å². The summed E-state index contributed by atoms with van der Waals surface area (Å²) in [5.41, 5.74) is 3.03. The van der Waals surface area contributed by atoms with Crippen LogP contribution in [0.3, 0.4) is 0 Å². The van der Waals surface area contributed by atoms with Gasteiger partial charge < -0.3 is 9.88 Å². The van der Waals surface area contributed by atoms with E-state index in [0.29, 0.717) is 11.7 Å². The van der Waals surface area contributed by atoms with Gasteiger partial charge >= 0.3 is 0 Å². The number of para-hydroxylation sites is 2. The molecule has 0 spiro atoms. The van der Waals surface area contributed by atoms with Gasteiger partial charge in [-0.1, -0.05) is 29.8 Å². The van der Waals surface area contributed by atoms with Crippen LogP contribution >= 0.6 is 11.6 Å². The molecular weight excluding hydrogens is 260 g/mol. The van der Waals surface area contributed by atoms with E-state index < -0.39 is 0 Å². The maximum atomic E-state index is 6.03. The van der Waals surface area contributed by atoms with Gasteiger partial charge in [-0.2, -0.15) is 0 Å². The minimum Gasteiger partial charge on any atom is -0.351 e. The van der Waals surface area contributed by atoms with Gasteiger partial charge in [0.15, 0.2) is 0 Å². The summed E-state index contributed by atoms with van der Waals surface area (Å²) in [7, 11) is 1.99. The van der Waals surface area contributed by atoms with Gasteiger partial charge in [0, 0.05) is 25.4 Å². The quantitative estimate of drug-likeness (QED) is 0.745.